The number of carbonyl (C=O) groups is 1. The van der Waals surface area contributed by atoms with E-state index < -0.39 is 0 Å². The van der Waals surface area contributed by atoms with Crippen LogP contribution in [0.1, 0.15) is 5.56 Å². The van der Waals surface area contributed by atoms with Crippen molar-refractivity contribution in [2.45, 2.75) is 6.42 Å². The van der Waals surface area contributed by atoms with Crippen LogP contribution in [-0.2, 0) is 16.0 Å². The predicted octanol–water partition coefficient (Wildman–Crippen LogP) is 0.599. The van der Waals surface area contributed by atoms with Gasteiger partial charge in [-0.25, -0.2) is 0 Å². The Morgan fingerprint density at radius 2 is 1.95 bits per heavy atom. The minimum Gasteiger partial charge on any atom is -0.497 e. The second-order valence-corrected chi connectivity index (χ2v) is 4.45. The highest BCUT2D eigenvalue weighted by Crippen LogP contribution is 2.23. The Morgan fingerprint density at radius 3 is 2.62 bits per heavy atom. The molecule has 0 bridgehead atoms. The largest absolute Gasteiger partial charge is 0.497 e. The molecular weight excluding hydrogens is 272 g/mol. The van der Waals surface area contributed by atoms with Crippen molar-refractivity contribution in [2.24, 2.45) is 0 Å². The predicted molar refractivity (Wildman–Crippen MR) is 81.0 cm³/mol. The molecule has 0 aromatic heterocycles. The van der Waals surface area contributed by atoms with E-state index in [-0.39, 0.29) is 5.91 Å². The standard InChI is InChI=1S/C15H24N2O4/c1-19-9-8-16-11-15(18)17-7-6-12-10-13(20-2)4-5-14(12)21-3/h4-5,10,16H,6-9,11H2,1-3H3,(H,17,18). The van der Waals surface area contributed by atoms with Gasteiger partial charge in [-0.1, -0.05) is 0 Å². The summed E-state index contributed by atoms with van der Waals surface area (Å²) in [5.74, 6) is 1.54. The number of hydrogen-bond acceptors (Lipinski definition) is 5. The molecule has 2 N–H and O–H groups in total. The summed E-state index contributed by atoms with van der Waals surface area (Å²) in [5.41, 5.74) is 1.00. The average molecular weight is 296 g/mol. The van der Waals surface area contributed by atoms with E-state index >= 15 is 0 Å². The maximum Gasteiger partial charge on any atom is 0.233 e. The number of benzene rings is 1. The van der Waals surface area contributed by atoms with Crippen molar-refractivity contribution in [3.8, 4) is 11.5 Å². The van der Waals surface area contributed by atoms with Crippen LogP contribution in [0.15, 0.2) is 18.2 Å². The van der Waals surface area contributed by atoms with Crippen LogP contribution in [-0.4, -0.2) is 53.5 Å². The summed E-state index contributed by atoms with van der Waals surface area (Å²) in [4.78, 5) is 11.6. The van der Waals surface area contributed by atoms with Crippen LogP contribution in [0.3, 0.4) is 0 Å². The fourth-order valence-corrected chi connectivity index (χ4v) is 1.85. The first-order chi connectivity index (χ1) is 10.2. The van der Waals surface area contributed by atoms with Crippen molar-refractivity contribution in [1.29, 1.82) is 0 Å². The van der Waals surface area contributed by atoms with Gasteiger partial charge in [0, 0.05) is 20.2 Å². The molecule has 0 unspecified atom stereocenters. The maximum atomic E-state index is 11.6. The number of carbonyl (C=O) groups excluding carboxylic acids is 1. The van der Waals surface area contributed by atoms with E-state index in [1.54, 1.807) is 21.3 Å². The van der Waals surface area contributed by atoms with E-state index in [1.165, 1.54) is 0 Å². The highest BCUT2D eigenvalue weighted by atomic mass is 16.5. The van der Waals surface area contributed by atoms with Crippen molar-refractivity contribution in [3.63, 3.8) is 0 Å². The van der Waals surface area contributed by atoms with Gasteiger partial charge in [-0.3, -0.25) is 4.79 Å². The molecule has 0 aliphatic carbocycles. The van der Waals surface area contributed by atoms with E-state index in [4.69, 9.17) is 14.2 Å². The van der Waals surface area contributed by atoms with Crippen LogP contribution < -0.4 is 20.1 Å². The van der Waals surface area contributed by atoms with Crippen LogP contribution in [0, 0.1) is 0 Å². The summed E-state index contributed by atoms with van der Waals surface area (Å²) in [6.45, 7) is 2.09. The number of rotatable bonds is 10. The van der Waals surface area contributed by atoms with Crippen molar-refractivity contribution in [2.75, 3.05) is 47.6 Å². The smallest absolute Gasteiger partial charge is 0.233 e. The lowest BCUT2D eigenvalue weighted by atomic mass is 10.1. The molecule has 1 amide bonds. The van der Waals surface area contributed by atoms with E-state index in [0.29, 0.717) is 32.7 Å². The Balaban J connectivity index is 2.36. The Hall–Kier alpha value is -1.79. The van der Waals surface area contributed by atoms with Gasteiger partial charge in [0.15, 0.2) is 0 Å². The molecule has 0 spiro atoms. The van der Waals surface area contributed by atoms with Gasteiger partial charge >= 0.3 is 0 Å². The third kappa shape index (κ3) is 6.46. The average Bonchev–Trinajstić information content (AvgIpc) is 2.51. The molecular formula is C15H24N2O4. The molecule has 1 aromatic carbocycles. The fourth-order valence-electron chi connectivity index (χ4n) is 1.85. The maximum absolute atomic E-state index is 11.6. The SMILES string of the molecule is COCCNCC(=O)NCCc1cc(OC)ccc1OC. The molecule has 6 heteroatoms. The Kier molecular flexibility index (Phi) is 8.23. The molecule has 0 saturated carbocycles. The van der Waals surface area contributed by atoms with E-state index in [9.17, 15) is 4.79 Å². The molecule has 0 atom stereocenters. The van der Waals surface area contributed by atoms with Crippen LogP contribution in [0.25, 0.3) is 0 Å². The minimum atomic E-state index is -0.0343. The lowest BCUT2D eigenvalue weighted by molar-refractivity contribution is -0.120. The number of methoxy groups -OCH3 is 3. The third-order valence-corrected chi connectivity index (χ3v) is 2.97. The summed E-state index contributed by atoms with van der Waals surface area (Å²) in [7, 11) is 4.88. The summed E-state index contributed by atoms with van der Waals surface area (Å²) in [5, 5.41) is 5.85. The summed E-state index contributed by atoms with van der Waals surface area (Å²) in [6, 6.07) is 5.63. The van der Waals surface area contributed by atoms with Gasteiger partial charge in [0.1, 0.15) is 11.5 Å². The van der Waals surface area contributed by atoms with Gasteiger partial charge in [-0.05, 0) is 30.2 Å². The lowest BCUT2D eigenvalue weighted by Gasteiger charge is -2.11. The molecule has 21 heavy (non-hydrogen) atoms. The van der Waals surface area contributed by atoms with Crippen LogP contribution >= 0.6 is 0 Å². The number of amides is 1. The molecule has 118 valence electrons. The van der Waals surface area contributed by atoms with Crippen molar-refractivity contribution in [3.05, 3.63) is 23.8 Å². The van der Waals surface area contributed by atoms with E-state index in [2.05, 4.69) is 10.6 Å². The number of nitrogens with one attached hydrogen (secondary N) is 2. The second-order valence-electron chi connectivity index (χ2n) is 4.45. The highest BCUT2D eigenvalue weighted by Gasteiger charge is 2.06. The molecule has 0 radical (unpaired) electrons. The Bertz CT molecular complexity index is 438. The van der Waals surface area contributed by atoms with Crippen molar-refractivity contribution in [1.82, 2.24) is 10.6 Å². The molecule has 6 nitrogen and oxygen atoms in total. The molecule has 0 saturated heterocycles. The van der Waals surface area contributed by atoms with Crippen LogP contribution in [0.2, 0.25) is 0 Å². The van der Waals surface area contributed by atoms with E-state index in [1.807, 2.05) is 18.2 Å². The summed E-state index contributed by atoms with van der Waals surface area (Å²) in [6.07, 6.45) is 0.685. The number of ether oxygens (including phenoxy) is 3. The fraction of sp³-hybridized carbons (Fsp3) is 0.533. The van der Waals surface area contributed by atoms with Gasteiger partial charge in [-0.15, -0.1) is 0 Å². The van der Waals surface area contributed by atoms with Gasteiger partial charge in [0.2, 0.25) is 5.91 Å². The lowest BCUT2D eigenvalue weighted by Crippen LogP contribution is -2.36. The first kappa shape index (κ1) is 17.3. The van der Waals surface area contributed by atoms with E-state index in [0.717, 1.165) is 17.1 Å². The molecule has 1 aromatic rings. The van der Waals surface area contributed by atoms with Crippen LogP contribution in [0.5, 0.6) is 11.5 Å². The summed E-state index contributed by atoms with van der Waals surface area (Å²) >= 11 is 0. The summed E-state index contributed by atoms with van der Waals surface area (Å²) < 4.78 is 15.4. The van der Waals surface area contributed by atoms with Gasteiger partial charge in [0.25, 0.3) is 0 Å². The Labute approximate surface area is 125 Å². The quantitative estimate of drug-likeness (QED) is 0.619. The van der Waals surface area contributed by atoms with Gasteiger partial charge < -0.3 is 24.8 Å². The van der Waals surface area contributed by atoms with Crippen molar-refractivity contribution >= 4 is 5.91 Å². The topological polar surface area (TPSA) is 68.8 Å². The first-order valence-electron chi connectivity index (χ1n) is 6.88. The number of hydrogen-bond donors (Lipinski definition) is 2. The van der Waals surface area contributed by atoms with Gasteiger partial charge in [-0.2, -0.15) is 0 Å². The zero-order valence-electron chi connectivity index (χ0n) is 12.9. The van der Waals surface area contributed by atoms with Crippen LogP contribution in [0.4, 0.5) is 0 Å². The molecule has 0 heterocycles. The zero-order chi connectivity index (χ0) is 15.5. The second kappa shape index (κ2) is 10.0. The monoisotopic (exact) mass is 296 g/mol. The minimum absolute atomic E-state index is 0.0343. The molecule has 1 rings (SSSR count). The molecule has 0 aliphatic heterocycles. The molecule has 0 fully saturated rings. The van der Waals surface area contributed by atoms with Gasteiger partial charge in [0.05, 0.1) is 27.4 Å². The zero-order valence-corrected chi connectivity index (χ0v) is 12.9. The third-order valence-electron chi connectivity index (χ3n) is 2.97. The Morgan fingerprint density at radius 1 is 1.14 bits per heavy atom. The highest BCUT2D eigenvalue weighted by molar-refractivity contribution is 5.77. The molecule has 0 aliphatic rings. The first-order valence-corrected chi connectivity index (χ1v) is 6.88. The normalized spacial score (nSPS) is 10.2. The van der Waals surface area contributed by atoms with Crippen molar-refractivity contribution < 1.29 is 19.0 Å².